The molecule has 0 bridgehead atoms. The highest BCUT2D eigenvalue weighted by Gasteiger charge is 2.41. The van der Waals surface area contributed by atoms with E-state index in [1.54, 1.807) is 24.2 Å². The molecule has 4 rings (SSSR count). The van der Waals surface area contributed by atoms with Crippen molar-refractivity contribution >= 4 is 64.1 Å². The summed E-state index contributed by atoms with van der Waals surface area (Å²) in [4.78, 5) is 14.3. The third-order valence-corrected chi connectivity index (χ3v) is 6.11. The molecule has 0 radical (unpaired) electrons. The van der Waals surface area contributed by atoms with Crippen LogP contribution in [0.3, 0.4) is 0 Å². The van der Waals surface area contributed by atoms with E-state index in [0.717, 1.165) is 24.0 Å². The Kier molecular flexibility index (Phi) is 6.11. The van der Waals surface area contributed by atoms with Gasteiger partial charge in [0, 0.05) is 17.7 Å². The van der Waals surface area contributed by atoms with E-state index in [1.807, 2.05) is 18.2 Å². The fourth-order valence-corrected chi connectivity index (χ4v) is 4.08. The van der Waals surface area contributed by atoms with Crippen LogP contribution in [0.15, 0.2) is 36.0 Å². The van der Waals surface area contributed by atoms with Gasteiger partial charge in [-0.1, -0.05) is 40.9 Å². The molecule has 9 heteroatoms. The van der Waals surface area contributed by atoms with Crippen LogP contribution in [0.4, 0.5) is 0 Å². The van der Waals surface area contributed by atoms with Gasteiger partial charge in [-0.15, -0.1) is 0 Å². The average Bonchev–Trinajstić information content (AvgIpc) is 3.50. The molecule has 156 valence electrons. The fraction of sp³-hybridized carbons (Fsp3) is 0.238. The first-order valence-corrected chi connectivity index (χ1v) is 10.7. The lowest BCUT2D eigenvalue weighted by Gasteiger charge is -2.13. The molecule has 2 aliphatic rings. The lowest BCUT2D eigenvalue weighted by Crippen LogP contribution is -2.32. The largest absolute Gasteiger partial charge is 0.496 e. The summed E-state index contributed by atoms with van der Waals surface area (Å²) in [7, 11) is 1.58. The minimum Gasteiger partial charge on any atom is -0.496 e. The Morgan fingerprint density at radius 2 is 1.87 bits per heavy atom. The number of halogens is 3. The normalized spacial score (nSPS) is 17.5. The first-order chi connectivity index (χ1) is 14.4. The van der Waals surface area contributed by atoms with Gasteiger partial charge in [0.05, 0.1) is 22.2 Å². The molecule has 1 aliphatic carbocycles. The Morgan fingerprint density at radius 1 is 1.13 bits per heavy atom. The van der Waals surface area contributed by atoms with Gasteiger partial charge in [-0.2, -0.15) is 0 Å². The Bertz CT molecular complexity index is 1070. The number of rotatable bonds is 6. The third kappa shape index (κ3) is 4.37. The van der Waals surface area contributed by atoms with E-state index < -0.39 is 0 Å². The Hall–Kier alpha value is -1.99. The minimum atomic E-state index is -0.0984. The number of nitrogens with zero attached hydrogens (tertiary/aromatic N) is 1. The summed E-state index contributed by atoms with van der Waals surface area (Å²) in [6, 6.07) is 8.88. The predicted octanol–water partition coefficient (Wildman–Crippen LogP) is 5.45. The topological polar surface area (TPSA) is 50.8 Å². The number of carbonyl (C=O) groups is 1. The molecule has 5 nitrogen and oxygen atoms in total. The molecule has 1 heterocycles. The highest BCUT2D eigenvalue weighted by atomic mass is 35.5. The number of amides is 1. The molecule has 1 amide bonds. The summed E-state index contributed by atoms with van der Waals surface area (Å²) in [6.07, 6.45) is 3.75. The number of hydrogen-bond donors (Lipinski definition) is 1. The standard InChI is InChI=1S/C21H17Cl3N2O3S/c1-28-18-5-2-11(7-17-20(27)26(13-3-4-13)21(30)25-17)6-12(18)10-29-19-9-15(23)14(22)8-16(19)24/h2,5-9,13H,3-4,10H2,1H3,(H,25,30)/b17-7+. The van der Waals surface area contributed by atoms with E-state index >= 15 is 0 Å². The molecule has 2 aromatic rings. The quantitative estimate of drug-likeness (QED) is 0.336. The van der Waals surface area contributed by atoms with E-state index in [2.05, 4.69) is 5.32 Å². The molecule has 30 heavy (non-hydrogen) atoms. The average molecular weight is 484 g/mol. The zero-order valence-electron chi connectivity index (χ0n) is 15.9. The van der Waals surface area contributed by atoms with Crippen LogP contribution in [0.1, 0.15) is 24.0 Å². The van der Waals surface area contributed by atoms with E-state index in [9.17, 15) is 4.79 Å². The summed E-state index contributed by atoms with van der Waals surface area (Å²) < 4.78 is 11.3. The Balaban J connectivity index is 1.56. The number of benzene rings is 2. The van der Waals surface area contributed by atoms with Crippen molar-refractivity contribution in [1.29, 1.82) is 0 Å². The van der Waals surface area contributed by atoms with Crippen LogP contribution in [-0.2, 0) is 11.4 Å². The Morgan fingerprint density at radius 3 is 2.57 bits per heavy atom. The van der Waals surface area contributed by atoms with Gasteiger partial charge in [0.1, 0.15) is 23.8 Å². The van der Waals surface area contributed by atoms with Gasteiger partial charge in [0.25, 0.3) is 5.91 Å². The number of thiocarbonyl (C=S) groups is 1. The maximum atomic E-state index is 12.6. The maximum Gasteiger partial charge on any atom is 0.276 e. The molecule has 0 aromatic heterocycles. The van der Waals surface area contributed by atoms with Crippen LogP contribution < -0.4 is 14.8 Å². The molecule has 2 fully saturated rings. The molecule has 1 saturated heterocycles. The lowest BCUT2D eigenvalue weighted by molar-refractivity contribution is -0.122. The van der Waals surface area contributed by atoms with E-state index in [4.69, 9.17) is 56.5 Å². The van der Waals surface area contributed by atoms with Gasteiger partial charge in [-0.3, -0.25) is 9.69 Å². The number of methoxy groups -OCH3 is 1. The lowest BCUT2D eigenvalue weighted by atomic mass is 10.1. The van der Waals surface area contributed by atoms with Gasteiger partial charge >= 0.3 is 0 Å². The van der Waals surface area contributed by atoms with Crippen molar-refractivity contribution in [3.8, 4) is 11.5 Å². The Labute approximate surface area is 194 Å². The van der Waals surface area contributed by atoms with Crippen molar-refractivity contribution in [2.75, 3.05) is 7.11 Å². The van der Waals surface area contributed by atoms with Crippen LogP contribution in [0.2, 0.25) is 15.1 Å². The SMILES string of the molecule is COc1ccc(/C=C2/NC(=S)N(C3CC3)C2=O)cc1COc1cc(Cl)c(Cl)cc1Cl. The van der Waals surface area contributed by atoms with Gasteiger partial charge < -0.3 is 14.8 Å². The van der Waals surface area contributed by atoms with Crippen molar-refractivity contribution in [2.45, 2.75) is 25.5 Å². The molecular formula is C21H17Cl3N2O3S. The second kappa shape index (κ2) is 8.63. The molecular weight excluding hydrogens is 467 g/mol. The highest BCUT2D eigenvalue weighted by Crippen LogP contribution is 2.35. The van der Waals surface area contributed by atoms with Crippen molar-refractivity contribution < 1.29 is 14.3 Å². The highest BCUT2D eigenvalue weighted by molar-refractivity contribution is 7.80. The predicted molar refractivity (Wildman–Crippen MR) is 122 cm³/mol. The molecule has 1 saturated carbocycles. The molecule has 1 aliphatic heterocycles. The first-order valence-electron chi connectivity index (χ1n) is 9.18. The summed E-state index contributed by atoms with van der Waals surface area (Å²) >= 11 is 23.5. The third-order valence-electron chi connectivity index (χ3n) is 4.80. The molecule has 2 aromatic carbocycles. The zero-order chi connectivity index (χ0) is 21.4. The van der Waals surface area contributed by atoms with Crippen molar-refractivity contribution in [1.82, 2.24) is 10.2 Å². The fourth-order valence-electron chi connectivity index (χ4n) is 3.15. The summed E-state index contributed by atoms with van der Waals surface area (Å²) in [6.45, 7) is 0.186. The molecule has 0 spiro atoms. The van der Waals surface area contributed by atoms with Crippen LogP contribution in [0.25, 0.3) is 6.08 Å². The van der Waals surface area contributed by atoms with Gasteiger partial charge in [-0.05, 0) is 54.9 Å². The molecule has 1 N–H and O–H groups in total. The number of nitrogens with one attached hydrogen (secondary N) is 1. The van der Waals surface area contributed by atoms with Crippen molar-refractivity contribution in [2.24, 2.45) is 0 Å². The first kappa shape index (κ1) is 21.2. The van der Waals surface area contributed by atoms with E-state index in [-0.39, 0.29) is 18.6 Å². The maximum absolute atomic E-state index is 12.6. The van der Waals surface area contributed by atoms with E-state index in [0.29, 0.717) is 37.4 Å². The second-order valence-electron chi connectivity index (χ2n) is 6.95. The van der Waals surface area contributed by atoms with Crippen LogP contribution in [0, 0.1) is 0 Å². The smallest absolute Gasteiger partial charge is 0.276 e. The van der Waals surface area contributed by atoms with Gasteiger partial charge in [0.2, 0.25) is 0 Å². The number of hydrogen-bond acceptors (Lipinski definition) is 4. The molecule has 0 unspecified atom stereocenters. The summed E-state index contributed by atoms with van der Waals surface area (Å²) in [5, 5.41) is 4.53. The zero-order valence-corrected chi connectivity index (χ0v) is 19.0. The summed E-state index contributed by atoms with van der Waals surface area (Å²) in [5.41, 5.74) is 2.04. The second-order valence-corrected chi connectivity index (χ2v) is 8.56. The van der Waals surface area contributed by atoms with Gasteiger partial charge in [-0.25, -0.2) is 0 Å². The van der Waals surface area contributed by atoms with E-state index in [1.165, 1.54) is 6.07 Å². The van der Waals surface area contributed by atoms with Crippen LogP contribution in [-0.4, -0.2) is 29.1 Å². The number of carbonyl (C=O) groups excluding carboxylic acids is 1. The van der Waals surface area contributed by atoms with Crippen LogP contribution >= 0.6 is 47.0 Å². The summed E-state index contributed by atoms with van der Waals surface area (Å²) in [5.74, 6) is 0.961. The van der Waals surface area contributed by atoms with Crippen molar-refractivity contribution in [3.63, 3.8) is 0 Å². The van der Waals surface area contributed by atoms with Gasteiger partial charge in [0.15, 0.2) is 5.11 Å². The number of ether oxygens (including phenoxy) is 2. The van der Waals surface area contributed by atoms with Crippen molar-refractivity contribution in [3.05, 3.63) is 62.2 Å². The monoisotopic (exact) mass is 482 g/mol. The minimum absolute atomic E-state index is 0.0984. The molecule has 0 atom stereocenters. The van der Waals surface area contributed by atoms with Crippen LogP contribution in [0.5, 0.6) is 11.5 Å².